The van der Waals surface area contributed by atoms with Crippen molar-refractivity contribution in [3.63, 3.8) is 0 Å². The van der Waals surface area contributed by atoms with Gasteiger partial charge in [0, 0.05) is 16.4 Å². The zero-order valence-electron chi connectivity index (χ0n) is 15.1. The monoisotopic (exact) mass is 452 g/mol. The number of nitrogens with one attached hydrogen (secondary N) is 1. The molecule has 0 saturated carbocycles. The maximum Gasteiger partial charge on any atom is 0.322 e. The van der Waals surface area contributed by atoms with Gasteiger partial charge in [-0.05, 0) is 48.6 Å². The first-order chi connectivity index (χ1) is 13.9. The van der Waals surface area contributed by atoms with Crippen molar-refractivity contribution < 1.29 is 17.6 Å². The SMILES string of the molecule is O=C(Nc1nnc(Cc2cccs2)o1)C1CCCN1S(=O)(=O)c1ccc(Cl)cc1. The predicted molar refractivity (Wildman–Crippen MR) is 108 cm³/mol. The molecule has 8 nitrogen and oxygen atoms in total. The third kappa shape index (κ3) is 4.35. The molecule has 29 heavy (non-hydrogen) atoms. The van der Waals surface area contributed by atoms with E-state index in [0.717, 1.165) is 4.88 Å². The van der Waals surface area contributed by atoms with Crippen molar-refractivity contribution in [1.29, 1.82) is 0 Å². The van der Waals surface area contributed by atoms with Gasteiger partial charge < -0.3 is 4.42 Å². The first-order valence-corrected chi connectivity index (χ1v) is 11.6. The molecule has 0 radical (unpaired) electrons. The molecule has 1 saturated heterocycles. The molecule has 1 N–H and O–H groups in total. The van der Waals surface area contributed by atoms with E-state index in [9.17, 15) is 13.2 Å². The predicted octanol–water partition coefficient (Wildman–Crippen LogP) is 3.17. The molecule has 1 unspecified atom stereocenters. The Balaban J connectivity index is 1.46. The van der Waals surface area contributed by atoms with Gasteiger partial charge in [0.1, 0.15) is 6.04 Å². The number of hydrogen-bond acceptors (Lipinski definition) is 7. The highest BCUT2D eigenvalue weighted by Crippen LogP contribution is 2.27. The normalized spacial score (nSPS) is 17.5. The van der Waals surface area contributed by atoms with Gasteiger partial charge in [-0.3, -0.25) is 10.1 Å². The molecule has 3 aromatic rings. The smallest absolute Gasteiger partial charge is 0.322 e. The summed E-state index contributed by atoms with van der Waals surface area (Å²) in [6, 6.07) is 8.86. The summed E-state index contributed by atoms with van der Waals surface area (Å²) in [4.78, 5) is 13.9. The molecule has 3 heterocycles. The molecule has 1 aromatic carbocycles. The second-order valence-electron chi connectivity index (χ2n) is 6.47. The van der Waals surface area contributed by atoms with Gasteiger partial charge in [0.15, 0.2) is 0 Å². The minimum Gasteiger partial charge on any atom is -0.407 e. The minimum atomic E-state index is -3.82. The molecule has 0 bridgehead atoms. The number of rotatable bonds is 6. The Kier molecular flexibility index (Phi) is 5.68. The average molecular weight is 453 g/mol. The van der Waals surface area contributed by atoms with Crippen LogP contribution in [0.2, 0.25) is 5.02 Å². The van der Waals surface area contributed by atoms with Gasteiger partial charge in [-0.2, -0.15) is 4.31 Å². The van der Waals surface area contributed by atoms with E-state index in [2.05, 4.69) is 15.5 Å². The van der Waals surface area contributed by atoms with Crippen molar-refractivity contribution in [2.24, 2.45) is 0 Å². The van der Waals surface area contributed by atoms with E-state index >= 15 is 0 Å². The highest BCUT2D eigenvalue weighted by atomic mass is 35.5. The maximum atomic E-state index is 12.9. The Hall–Kier alpha value is -2.27. The van der Waals surface area contributed by atoms with E-state index in [0.29, 0.717) is 30.2 Å². The molecule has 1 fully saturated rings. The first kappa shape index (κ1) is 20.0. The third-order valence-electron chi connectivity index (χ3n) is 4.53. The molecular weight excluding hydrogens is 436 g/mol. The van der Waals surface area contributed by atoms with Gasteiger partial charge in [-0.25, -0.2) is 8.42 Å². The topological polar surface area (TPSA) is 105 Å². The lowest BCUT2D eigenvalue weighted by molar-refractivity contribution is -0.119. The van der Waals surface area contributed by atoms with E-state index < -0.39 is 22.0 Å². The zero-order valence-corrected chi connectivity index (χ0v) is 17.5. The number of anilines is 1. The Morgan fingerprint density at radius 1 is 1.28 bits per heavy atom. The average Bonchev–Trinajstić information content (AvgIpc) is 3.44. The van der Waals surface area contributed by atoms with E-state index in [4.69, 9.17) is 16.0 Å². The second kappa shape index (κ2) is 8.23. The minimum absolute atomic E-state index is 0.0442. The molecule has 1 aliphatic heterocycles. The molecule has 4 rings (SSSR count). The summed E-state index contributed by atoms with van der Waals surface area (Å²) >= 11 is 7.41. The van der Waals surface area contributed by atoms with Crippen LogP contribution in [0.3, 0.4) is 0 Å². The molecule has 2 aromatic heterocycles. The van der Waals surface area contributed by atoms with Gasteiger partial charge in [0.2, 0.25) is 21.8 Å². The van der Waals surface area contributed by atoms with Crippen LogP contribution in [-0.2, 0) is 21.2 Å². The summed E-state index contributed by atoms with van der Waals surface area (Å²) in [7, 11) is -3.82. The van der Waals surface area contributed by atoms with E-state index in [1.165, 1.54) is 28.6 Å². The quantitative estimate of drug-likeness (QED) is 0.615. The number of sulfonamides is 1. The zero-order chi connectivity index (χ0) is 20.4. The van der Waals surface area contributed by atoms with E-state index in [1.807, 2.05) is 17.5 Å². The van der Waals surface area contributed by atoms with Crippen LogP contribution in [0.15, 0.2) is 51.1 Å². The van der Waals surface area contributed by atoms with Crippen molar-refractivity contribution >= 4 is 44.9 Å². The lowest BCUT2D eigenvalue weighted by Gasteiger charge is -2.22. The fourth-order valence-electron chi connectivity index (χ4n) is 3.16. The van der Waals surface area contributed by atoms with E-state index in [1.54, 1.807) is 11.3 Å². The number of thiophene rings is 1. The van der Waals surface area contributed by atoms with E-state index in [-0.39, 0.29) is 17.5 Å². The number of benzene rings is 1. The molecule has 0 spiro atoms. The van der Waals surface area contributed by atoms with Crippen LogP contribution in [-0.4, -0.2) is 41.4 Å². The second-order valence-corrected chi connectivity index (χ2v) is 9.83. The van der Waals surface area contributed by atoms with Crippen molar-refractivity contribution in [1.82, 2.24) is 14.5 Å². The Morgan fingerprint density at radius 3 is 2.79 bits per heavy atom. The number of carbonyl (C=O) groups excluding carboxylic acids is 1. The van der Waals surface area contributed by atoms with Crippen LogP contribution in [0.4, 0.5) is 6.01 Å². The van der Waals surface area contributed by atoms with Crippen LogP contribution in [0.25, 0.3) is 0 Å². The first-order valence-electron chi connectivity index (χ1n) is 8.86. The van der Waals surface area contributed by atoms with Gasteiger partial charge in [-0.15, -0.1) is 16.4 Å². The number of nitrogens with zero attached hydrogens (tertiary/aromatic N) is 3. The highest BCUT2D eigenvalue weighted by Gasteiger charge is 2.39. The lowest BCUT2D eigenvalue weighted by Crippen LogP contribution is -2.43. The highest BCUT2D eigenvalue weighted by molar-refractivity contribution is 7.89. The van der Waals surface area contributed by atoms with Crippen LogP contribution in [0, 0.1) is 0 Å². The summed E-state index contributed by atoms with van der Waals surface area (Å²) in [6.45, 7) is 0.260. The summed E-state index contributed by atoms with van der Waals surface area (Å²) in [5, 5.41) is 12.7. The number of amides is 1. The summed E-state index contributed by atoms with van der Waals surface area (Å²) in [5.41, 5.74) is 0. The number of halogens is 1. The van der Waals surface area contributed by atoms with Gasteiger partial charge in [0.25, 0.3) is 0 Å². The molecule has 1 amide bonds. The van der Waals surface area contributed by atoms with Gasteiger partial charge in [-0.1, -0.05) is 22.8 Å². The van der Waals surface area contributed by atoms with Crippen LogP contribution < -0.4 is 5.32 Å². The van der Waals surface area contributed by atoms with Crippen LogP contribution >= 0.6 is 22.9 Å². The Bertz CT molecular complexity index is 1100. The summed E-state index contributed by atoms with van der Waals surface area (Å²) in [6.07, 6.45) is 1.47. The number of aromatic nitrogens is 2. The van der Waals surface area contributed by atoms with Crippen molar-refractivity contribution in [2.45, 2.75) is 30.2 Å². The van der Waals surface area contributed by atoms with Crippen LogP contribution in [0.1, 0.15) is 23.6 Å². The fraction of sp³-hybridized carbons (Fsp3) is 0.278. The van der Waals surface area contributed by atoms with Gasteiger partial charge >= 0.3 is 6.01 Å². The van der Waals surface area contributed by atoms with Crippen molar-refractivity contribution in [3.8, 4) is 0 Å². The number of hydrogen-bond donors (Lipinski definition) is 1. The molecule has 0 aliphatic carbocycles. The lowest BCUT2D eigenvalue weighted by atomic mass is 10.2. The maximum absolute atomic E-state index is 12.9. The fourth-order valence-corrected chi connectivity index (χ4v) is 5.64. The Labute approximate surface area is 176 Å². The Morgan fingerprint density at radius 2 is 2.07 bits per heavy atom. The molecule has 1 atom stereocenters. The summed E-state index contributed by atoms with van der Waals surface area (Å²) < 4.78 is 32.6. The van der Waals surface area contributed by atoms with Crippen molar-refractivity contribution in [2.75, 3.05) is 11.9 Å². The molecule has 1 aliphatic rings. The molecule has 152 valence electrons. The largest absolute Gasteiger partial charge is 0.407 e. The molecule has 11 heteroatoms. The van der Waals surface area contributed by atoms with Crippen molar-refractivity contribution in [3.05, 3.63) is 57.6 Å². The van der Waals surface area contributed by atoms with Crippen LogP contribution in [0.5, 0.6) is 0 Å². The third-order valence-corrected chi connectivity index (χ3v) is 7.58. The molecular formula is C18H17ClN4O4S2. The number of carbonyl (C=O) groups is 1. The summed E-state index contributed by atoms with van der Waals surface area (Å²) in [5.74, 6) is -0.119. The standard InChI is InChI=1S/C18H17ClN4O4S2/c19-12-5-7-14(8-6-12)29(25,26)23-9-1-4-15(23)17(24)20-18-22-21-16(27-18)11-13-3-2-10-28-13/h2-3,5-8,10,15H,1,4,9,11H2,(H,20,22,24). The van der Waals surface area contributed by atoms with Gasteiger partial charge in [0.05, 0.1) is 11.3 Å².